The molecule has 1 saturated heterocycles. The monoisotopic (exact) mass is 675 g/mol. The second-order valence-electron chi connectivity index (χ2n) is 10.0. The van der Waals surface area contributed by atoms with Crippen molar-refractivity contribution in [2.24, 2.45) is 5.92 Å². The number of ether oxygens (including phenoxy) is 2. The zero-order valence-corrected chi connectivity index (χ0v) is 25.4. The number of nitrogens with zero attached hydrogens (tertiary/aromatic N) is 1. The number of rotatable bonds is 7. The summed E-state index contributed by atoms with van der Waals surface area (Å²) in [5.74, 6) is -3.07. The number of fused-ring (bicyclic) bond motifs is 2. The number of anilines is 2. The van der Waals surface area contributed by atoms with Crippen LogP contribution < -0.4 is 24.6 Å². The summed E-state index contributed by atoms with van der Waals surface area (Å²) >= 11 is 8.34. The molecule has 2 N–H and O–H groups in total. The molecule has 9 nitrogen and oxygen atoms in total. The van der Waals surface area contributed by atoms with Gasteiger partial charge in [-0.25, -0.2) is 4.90 Å². The molecule has 0 aliphatic carbocycles. The van der Waals surface area contributed by atoms with Crippen molar-refractivity contribution >= 4 is 63.8 Å². The van der Waals surface area contributed by atoms with Crippen LogP contribution in [0.2, 0.25) is 5.02 Å². The van der Waals surface area contributed by atoms with E-state index in [1.54, 1.807) is 24.3 Å². The molecule has 1 fully saturated rings. The van der Waals surface area contributed by atoms with Gasteiger partial charge < -0.3 is 19.8 Å². The summed E-state index contributed by atoms with van der Waals surface area (Å²) in [5, 5.41) is 1.99. The maximum atomic E-state index is 14.0. The second kappa shape index (κ2) is 11.9. The van der Waals surface area contributed by atoms with Crippen molar-refractivity contribution in [2.75, 3.05) is 23.9 Å². The van der Waals surface area contributed by atoms with E-state index in [2.05, 4.69) is 10.3 Å². The number of nitrogens with one attached hydrogen (secondary N) is 2. The van der Waals surface area contributed by atoms with E-state index < -0.39 is 63.7 Å². The molecule has 2 aliphatic rings. The minimum atomic E-state index is -4.69. The molecule has 3 atom stereocenters. The highest BCUT2D eigenvalue weighted by molar-refractivity contribution is 8.00. The Labute approximate surface area is 266 Å². The highest BCUT2D eigenvalue weighted by Crippen LogP contribution is 2.54. The van der Waals surface area contributed by atoms with E-state index >= 15 is 0 Å². The molecule has 15 heteroatoms. The summed E-state index contributed by atoms with van der Waals surface area (Å²) in [7, 11) is 1.49. The maximum absolute atomic E-state index is 14.0. The first-order chi connectivity index (χ1) is 21.5. The van der Waals surface area contributed by atoms with Crippen LogP contribution >= 0.6 is 34.7 Å². The highest BCUT2D eigenvalue weighted by atomic mass is 35.5. The van der Waals surface area contributed by atoms with Gasteiger partial charge >= 0.3 is 11.0 Å². The molecule has 3 aromatic carbocycles. The van der Waals surface area contributed by atoms with Crippen molar-refractivity contribution < 1.29 is 37.0 Å². The van der Waals surface area contributed by atoms with Gasteiger partial charge in [-0.05, 0) is 54.6 Å². The molecular formula is C30H21ClF3N3O6S2. The van der Waals surface area contributed by atoms with Gasteiger partial charge in [0, 0.05) is 21.4 Å². The highest BCUT2D eigenvalue weighted by Gasteiger charge is 2.57. The number of carbonyl (C=O) groups is 3. The molecule has 0 radical (unpaired) electrons. The van der Waals surface area contributed by atoms with E-state index in [-0.39, 0.29) is 10.8 Å². The predicted molar refractivity (Wildman–Crippen MR) is 162 cm³/mol. The van der Waals surface area contributed by atoms with Gasteiger partial charge in [-0.3, -0.25) is 19.2 Å². The van der Waals surface area contributed by atoms with Gasteiger partial charge in [0.1, 0.15) is 16.7 Å². The average Bonchev–Trinajstić information content (AvgIpc) is 3.50. The quantitative estimate of drug-likeness (QED) is 0.233. The molecule has 0 bridgehead atoms. The largest absolute Gasteiger partial charge is 0.497 e. The number of para-hydroxylation sites is 1. The number of carbonyl (C=O) groups excluding carboxylic acids is 3. The number of thioether (sulfide) groups is 1. The Morgan fingerprint density at radius 2 is 1.78 bits per heavy atom. The normalized spacial score (nSPS) is 19.2. The van der Waals surface area contributed by atoms with Gasteiger partial charge in [0.25, 0.3) is 5.91 Å². The smallest absolute Gasteiger partial charge is 0.418 e. The number of methoxy groups -OCH3 is 1. The van der Waals surface area contributed by atoms with Crippen LogP contribution in [0.3, 0.4) is 0 Å². The van der Waals surface area contributed by atoms with E-state index in [1.165, 1.54) is 37.4 Å². The SMILES string of the molecule is COc1ccc(N2C(=O)C3Sc4[nH]c(=O)sc4[C@H](c4cc(Cl)ccc4OCC(=O)Nc4ccccc4C(F)(F)F)C3C2=O)cc1. The Morgan fingerprint density at radius 1 is 1.04 bits per heavy atom. The average molecular weight is 676 g/mol. The topological polar surface area (TPSA) is 118 Å². The Kier molecular flexibility index (Phi) is 8.14. The Morgan fingerprint density at radius 3 is 2.49 bits per heavy atom. The van der Waals surface area contributed by atoms with Gasteiger partial charge in [-0.1, -0.05) is 46.8 Å². The number of benzene rings is 3. The molecule has 3 amide bonds. The van der Waals surface area contributed by atoms with Crippen LogP contribution in [0.15, 0.2) is 76.6 Å². The first-order valence-electron chi connectivity index (χ1n) is 13.3. The number of imide groups is 1. The van der Waals surface area contributed by atoms with E-state index in [1.807, 2.05) is 0 Å². The lowest BCUT2D eigenvalue weighted by Crippen LogP contribution is -2.32. The van der Waals surface area contributed by atoms with E-state index in [0.717, 1.165) is 40.1 Å². The molecule has 45 heavy (non-hydrogen) atoms. The number of halogens is 4. The van der Waals surface area contributed by atoms with Gasteiger partial charge in [-0.2, -0.15) is 13.2 Å². The fourth-order valence-corrected chi connectivity index (χ4v) is 8.09. The van der Waals surface area contributed by atoms with Crippen LogP contribution in [0.5, 0.6) is 11.5 Å². The van der Waals surface area contributed by atoms with Crippen LogP contribution in [0.4, 0.5) is 24.5 Å². The Hall–Kier alpha value is -4.27. The number of H-pyrrole nitrogens is 1. The zero-order valence-electron chi connectivity index (χ0n) is 23.0. The molecule has 6 rings (SSSR count). The molecule has 2 unspecified atom stereocenters. The summed E-state index contributed by atoms with van der Waals surface area (Å²) in [6.07, 6.45) is -4.69. The maximum Gasteiger partial charge on any atom is 0.418 e. The molecular weight excluding hydrogens is 655 g/mol. The minimum Gasteiger partial charge on any atom is -0.497 e. The summed E-state index contributed by atoms with van der Waals surface area (Å²) in [6, 6.07) is 15.4. The summed E-state index contributed by atoms with van der Waals surface area (Å²) < 4.78 is 51.3. The third-order valence-electron chi connectivity index (χ3n) is 7.33. The lowest BCUT2D eigenvalue weighted by atomic mass is 9.82. The number of thiazole rings is 1. The molecule has 4 aromatic rings. The van der Waals surface area contributed by atoms with Gasteiger partial charge in [-0.15, -0.1) is 0 Å². The van der Waals surface area contributed by atoms with Crippen molar-refractivity contribution in [3.63, 3.8) is 0 Å². The van der Waals surface area contributed by atoms with Crippen molar-refractivity contribution in [3.8, 4) is 11.5 Å². The number of amides is 3. The lowest BCUT2D eigenvalue weighted by Gasteiger charge is -2.31. The fraction of sp³-hybridized carbons (Fsp3) is 0.200. The predicted octanol–water partition coefficient (Wildman–Crippen LogP) is 5.93. The molecule has 1 aromatic heterocycles. The first kappa shape index (κ1) is 30.7. The first-order valence-corrected chi connectivity index (χ1v) is 15.3. The molecule has 232 valence electrons. The lowest BCUT2D eigenvalue weighted by molar-refractivity contribution is -0.137. The molecule has 3 heterocycles. The fourth-order valence-electron chi connectivity index (χ4n) is 5.40. The molecule has 2 aliphatic heterocycles. The third kappa shape index (κ3) is 5.80. The van der Waals surface area contributed by atoms with Gasteiger partial charge in [0.15, 0.2) is 6.61 Å². The number of hydrogen-bond acceptors (Lipinski definition) is 8. The van der Waals surface area contributed by atoms with E-state index in [4.69, 9.17) is 21.1 Å². The van der Waals surface area contributed by atoms with Gasteiger partial charge in [0.2, 0.25) is 11.8 Å². The van der Waals surface area contributed by atoms with Crippen LogP contribution in [0.25, 0.3) is 0 Å². The summed E-state index contributed by atoms with van der Waals surface area (Å²) in [6.45, 7) is -0.683. The number of alkyl halides is 3. The summed E-state index contributed by atoms with van der Waals surface area (Å²) in [4.78, 5) is 56.9. The Bertz CT molecular complexity index is 1880. The van der Waals surface area contributed by atoms with Crippen molar-refractivity contribution in [1.29, 1.82) is 0 Å². The molecule has 0 saturated carbocycles. The number of aromatic amines is 1. The Balaban J connectivity index is 1.34. The van der Waals surface area contributed by atoms with E-state index in [0.29, 0.717) is 26.9 Å². The van der Waals surface area contributed by atoms with Crippen LogP contribution in [0, 0.1) is 5.92 Å². The van der Waals surface area contributed by atoms with Crippen LogP contribution in [0.1, 0.15) is 21.9 Å². The van der Waals surface area contributed by atoms with Crippen molar-refractivity contribution in [1.82, 2.24) is 4.98 Å². The molecule has 0 spiro atoms. The number of hydrogen-bond donors (Lipinski definition) is 2. The number of aromatic nitrogens is 1. The van der Waals surface area contributed by atoms with Gasteiger partial charge in [0.05, 0.1) is 35.0 Å². The van der Waals surface area contributed by atoms with Crippen molar-refractivity contribution in [3.05, 3.63) is 97.4 Å². The third-order valence-corrected chi connectivity index (χ3v) is 9.96. The van der Waals surface area contributed by atoms with E-state index in [9.17, 15) is 32.3 Å². The van der Waals surface area contributed by atoms with Crippen LogP contribution in [-0.2, 0) is 20.6 Å². The van der Waals surface area contributed by atoms with Crippen LogP contribution in [-0.4, -0.2) is 41.7 Å². The summed E-state index contributed by atoms with van der Waals surface area (Å²) in [5.41, 5.74) is -0.778. The zero-order chi connectivity index (χ0) is 32.0. The standard InChI is InChI=1S/C30H21ClF3N3O6S2/c1-42-16-9-7-15(8-10-16)37-27(39)23-22(24-26(36-29(41)45-24)44-25(23)28(37)40)17-12-14(31)6-11-20(17)43-13-21(38)35-19-5-3-2-4-18(19)30(32,33)34/h2-12,22-23,25H,13H2,1H3,(H,35,38)(H,36,41)/t22-,23?,25?/m1/s1. The van der Waals surface area contributed by atoms with Crippen molar-refractivity contribution in [2.45, 2.75) is 22.4 Å². The minimum absolute atomic E-state index is 0.101. The second-order valence-corrected chi connectivity index (χ2v) is 12.6.